The number of benzene rings is 9. The summed E-state index contributed by atoms with van der Waals surface area (Å²) in [5, 5.41) is 8.44. The van der Waals surface area contributed by atoms with Crippen LogP contribution in [0.2, 0.25) is 0 Å². The van der Waals surface area contributed by atoms with Gasteiger partial charge < -0.3 is 9.88 Å². The van der Waals surface area contributed by atoms with Gasteiger partial charge in [-0.3, -0.25) is 4.57 Å². The highest BCUT2D eigenvalue weighted by molar-refractivity contribution is 6.23. The maximum atomic E-state index is 5.50. The summed E-state index contributed by atoms with van der Waals surface area (Å²) in [5.74, 6) is 2.12. The van der Waals surface area contributed by atoms with Gasteiger partial charge in [-0.15, -0.1) is 0 Å². The molecule has 0 fully saturated rings. The highest BCUT2D eigenvalue weighted by atomic mass is 15.3. The lowest BCUT2D eigenvalue weighted by molar-refractivity contribution is 0.516. The average Bonchev–Trinajstić information content (AvgIpc) is 3.95. The van der Waals surface area contributed by atoms with Crippen LogP contribution in [0.25, 0.3) is 94.3 Å². The highest BCUT2D eigenvalue weighted by Crippen LogP contribution is 2.42. The molecule has 320 valence electrons. The smallest absolute Gasteiger partial charge is 0.204 e. The second-order valence-corrected chi connectivity index (χ2v) is 17.1. The van der Waals surface area contributed by atoms with E-state index in [-0.39, 0.29) is 0 Å². The van der Waals surface area contributed by atoms with Crippen molar-refractivity contribution in [1.29, 1.82) is 0 Å². The van der Waals surface area contributed by atoms with Crippen molar-refractivity contribution in [2.24, 2.45) is 9.98 Å². The number of aliphatic imine (C=N–C) groups is 2. The van der Waals surface area contributed by atoms with Crippen molar-refractivity contribution in [2.45, 2.75) is 6.29 Å². The molecule has 0 aliphatic carbocycles. The maximum absolute atomic E-state index is 5.50. The van der Waals surface area contributed by atoms with Gasteiger partial charge in [-0.1, -0.05) is 206 Å². The number of hydrogen-bond acceptors (Lipinski definition) is 5. The highest BCUT2D eigenvalue weighted by Gasteiger charge is 2.27. The van der Waals surface area contributed by atoms with E-state index in [1.54, 1.807) is 0 Å². The average molecular weight is 872 g/mol. The van der Waals surface area contributed by atoms with E-state index < -0.39 is 6.29 Å². The van der Waals surface area contributed by atoms with Crippen LogP contribution in [0.1, 0.15) is 17.4 Å². The topological polar surface area (TPSA) is 72.4 Å². The van der Waals surface area contributed by atoms with Crippen LogP contribution in [0, 0.1) is 0 Å². The summed E-state index contributed by atoms with van der Waals surface area (Å²) in [6.07, 6.45) is -0.538. The van der Waals surface area contributed by atoms with Crippen LogP contribution in [-0.2, 0) is 0 Å². The van der Waals surface area contributed by atoms with Gasteiger partial charge in [0.15, 0.2) is 11.7 Å². The fraction of sp³-hybridized carbons (Fsp3) is 0.0164. The van der Waals surface area contributed by atoms with Crippen LogP contribution in [0.4, 0.5) is 0 Å². The van der Waals surface area contributed by atoms with Crippen LogP contribution in [0.5, 0.6) is 0 Å². The van der Waals surface area contributed by atoms with E-state index in [0.29, 0.717) is 11.7 Å². The lowest BCUT2D eigenvalue weighted by Gasteiger charge is -2.26. The maximum Gasteiger partial charge on any atom is 0.204 e. The van der Waals surface area contributed by atoms with Crippen molar-refractivity contribution in [2.75, 3.05) is 0 Å². The SMILES string of the molecule is c1ccc(C2=NC(c3ccc(-c4ccccc4)cc3)=NC(n3c4ccccc4c4ccc5c6ccccc6n(-c6ccc(-c7cc(-c8ccccc8)nc(-c8ccccc8)n7)cc6)c5c43)N2)cc1. The Labute approximate surface area is 392 Å². The Balaban J connectivity index is 1.00. The number of amidine groups is 2. The van der Waals surface area contributed by atoms with Crippen LogP contribution in [0.3, 0.4) is 0 Å². The molecule has 7 nitrogen and oxygen atoms in total. The van der Waals surface area contributed by atoms with Gasteiger partial charge in [0.2, 0.25) is 6.29 Å². The number of para-hydroxylation sites is 2. The molecule has 0 amide bonds. The standard InChI is InChI=1S/C61H41N7/c1-5-17-40(18-6-1)41-29-31-46(32-30-41)60-64-59(45-23-11-4-12-24-45)65-61(66-60)68-55-28-16-14-26-49(55)51-38-37-50-48-25-13-15-27-54(48)67(56(50)57(51)68)47-35-33-43(34-36-47)53-39-52(42-19-7-2-8-20-42)62-58(63-53)44-21-9-3-10-22-44/h1-39,61H,(H,64,65,66). The monoisotopic (exact) mass is 871 g/mol. The zero-order chi connectivity index (χ0) is 45.0. The first-order chi connectivity index (χ1) is 33.7. The third-order valence-electron chi connectivity index (χ3n) is 13.0. The predicted octanol–water partition coefficient (Wildman–Crippen LogP) is 14.3. The van der Waals surface area contributed by atoms with E-state index in [9.17, 15) is 0 Å². The molecule has 7 heteroatoms. The summed E-state index contributed by atoms with van der Waals surface area (Å²) < 4.78 is 4.79. The molecule has 68 heavy (non-hydrogen) atoms. The number of fused-ring (bicyclic) bond motifs is 7. The number of nitrogens with one attached hydrogen (secondary N) is 1. The summed E-state index contributed by atoms with van der Waals surface area (Å²) in [6.45, 7) is 0. The minimum absolute atomic E-state index is 0.538. The van der Waals surface area contributed by atoms with E-state index >= 15 is 0 Å². The Morgan fingerprint density at radius 2 is 0.838 bits per heavy atom. The van der Waals surface area contributed by atoms with E-state index in [2.05, 4.69) is 203 Å². The van der Waals surface area contributed by atoms with Crippen molar-refractivity contribution in [3.63, 3.8) is 0 Å². The molecule has 1 aliphatic rings. The van der Waals surface area contributed by atoms with Crippen molar-refractivity contribution < 1.29 is 0 Å². The van der Waals surface area contributed by atoms with Gasteiger partial charge >= 0.3 is 0 Å². The number of hydrogen-bond donors (Lipinski definition) is 1. The summed E-state index contributed by atoms with van der Waals surface area (Å²) >= 11 is 0. The van der Waals surface area contributed by atoms with E-state index in [1.165, 1.54) is 10.9 Å². The molecule has 0 saturated heterocycles. The Morgan fingerprint density at radius 3 is 1.49 bits per heavy atom. The minimum atomic E-state index is -0.538. The van der Waals surface area contributed by atoms with E-state index in [1.807, 2.05) is 48.5 Å². The van der Waals surface area contributed by atoms with E-state index in [0.717, 1.165) is 94.5 Å². The Morgan fingerprint density at radius 1 is 0.368 bits per heavy atom. The largest absolute Gasteiger partial charge is 0.331 e. The summed E-state index contributed by atoms with van der Waals surface area (Å²) in [7, 11) is 0. The molecule has 1 atom stereocenters. The molecular weight excluding hydrogens is 831 g/mol. The Hall–Kier alpha value is -9.20. The van der Waals surface area contributed by atoms with Gasteiger partial charge in [-0.25, -0.2) is 20.0 Å². The summed E-state index contributed by atoms with van der Waals surface area (Å²) in [4.78, 5) is 20.9. The van der Waals surface area contributed by atoms with Crippen molar-refractivity contribution >= 4 is 55.3 Å². The first kappa shape index (κ1) is 39.2. The second-order valence-electron chi connectivity index (χ2n) is 17.1. The van der Waals surface area contributed by atoms with Crippen molar-refractivity contribution in [3.05, 3.63) is 248 Å². The van der Waals surface area contributed by atoms with E-state index in [4.69, 9.17) is 20.0 Å². The van der Waals surface area contributed by atoms with Crippen molar-refractivity contribution in [1.82, 2.24) is 24.4 Å². The minimum Gasteiger partial charge on any atom is -0.331 e. The Kier molecular flexibility index (Phi) is 9.42. The molecule has 9 aromatic carbocycles. The summed E-state index contributed by atoms with van der Waals surface area (Å²) in [6, 6.07) is 82.7. The normalized spacial score (nSPS) is 13.7. The van der Waals surface area contributed by atoms with Crippen LogP contribution < -0.4 is 5.32 Å². The lowest BCUT2D eigenvalue weighted by atomic mass is 10.0. The molecule has 3 aromatic heterocycles. The summed E-state index contributed by atoms with van der Waals surface area (Å²) in [5.41, 5.74) is 14.4. The fourth-order valence-electron chi connectivity index (χ4n) is 9.79. The zero-order valence-electron chi connectivity index (χ0n) is 36.8. The van der Waals surface area contributed by atoms with Gasteiger partial charge in [0.05, 0.1) is 33.5 Å². The second kappa shape index (κ2) is 16.3. The molecular formula is C61H41N7. The zero-order valence-corrected chi connectivity index (χ0v) is 36.8. The van der Waals surface area contributed by atoms with Crippen LogP contribution in [-0.4, -0.2) is 30.8 Å². The van der Waals surface area contributed by atoms with Crippen LogP contribution in [0.15, 0.2) is 247 Å². The predicted molar refractivity (Wildman–Crippen MR) is 279 cm³/mol. The van der Waals surface area contributed by atoms with Gasteiger partial charge in [0.25, 0.3) is 0 Å². The molecule has 1 aliphatic heterocycles. The van der Waals surface area contributed by atoms with Gasteiger partial charge in [0.1, 0.15) is 5.84 Å². The van der Waals surface area contributed by atoms with Gasteiger partial charge in [-0.2, -0.15) is 0 Å². The third kappa shape index (κ3) is 6.76. The molecule has 0 bridgehead atoms. The van der Waals surface area contributed by atoms with Crippen LogP contribution >= 0.6 is 0 Å². The molecule has 1 N–H and O–H groups in total. The Bertz CT molecular complexity index is 3840. The fourth-order valence-corrected chi connectivity index (χ4v) is 9.79. The number of rotatable bonds is 8. The molecule has 1 unspecified atom stereocenters. The number of nitrogens with zero attached hydrogens (tertiary/aromatic N) is 6. The quantitative estimate of drug-likeness (QED) is 0.165. The third-order valence-corrected chi connectivity index (χ3v) is 13.0. The van der Waals surface area contributed by atoms with Crippen molar-refractivity contribution in [3.8, 4) is 50.7 Å². The molecule has 0 saturated carbocycles. The molecule has 13 rings (SSSR count). The first-order valence-corrected chi connectivity index (χ1v) is 22.9. The molecule has 12 aromatic rings. The molecule has 0 radical (unpaired) electrons. The molecule has 4 heterocycles. The van der Waals surface area contributed by atoms with Gasteiger partial charge in [-0.05, 0) is 41.5 Å². The lowest BCUT2D eigenvalue weighted by Crippen LogP contribution is -2.36. The van der Waals surface area contributed by atoms with Gasteiger partial charge in [0, 0.05) is 55.0 Å². The number of aromatic nitrogens is 4. The first-order valence-electron chi connectivity index (χ1n) is 22.9. The molecule has 0 spiro atoms.